The van der Waals surface area contributed by atoms with E-state index in [9.17, 15) is 9.90 Å². The van der Waals surface area contributed by atoms with E-state index in [0.29, 0.717) is 5.57 Å². The van der Waals surface area contributed by atoms with Crippen LogP contribution in [0.4, 0.5) is 0 Å². The van der Waals surface area contributed by atoms with Gasteiger partial charge in [0.2, 0.25) is 0 Å². The molecule has 23 heavy (non-hydrogen) atoms. The molecular formula is C19H20O4. The number of carbonyl (C=O) groups excluding carboxylic acids is 1. The van der Waals surface area contributed by atoms with Crippen LogP contribution in [0, 0.1) is 24.2 Å². The molecule has 3 aliphatic rings. The molecule has 4 heteroatoms. The molecule has 0 aromatic rings. The lowest BCUT2D eigenvalue weighted by Gasteiger charge is -2.35. The van der Waals surface area contributed by atoms with Gasteiger partial charge in [0.05, 0.1) is 0 Å². The van der Waals surface area contributed by atoms with Crippen molar-refractivity contribution in [1.29, 1.82) is 0 Å². The van der Waals surface area contributed by atoms with E-state index in [1.54, 1.807) is 6.08 Å². The van der Waals surface area contributed by atoms with Crippen molar-refractivity contribution in [1.82, 2.24) is 0 Å². The Labute approximate surface area is 136 Å². The third kappa shape index (κ3) is 3.12. The van der Waals surface area contributed by atoms with Crippen LogP contribution >= 0.6 is 0 Å². The first-order valence-corrected chi connectivity index (χ1v) is 7.99. The van der Waals surface area contributed by atoms with Crippen molar-refractivity contribution in [3.63, 3.8) is 0 Å². The maximum Gasteiger partial charge on any atom is 0.169 e. The Balaban J connectivity index is 1.90. The third-order valence-corrected chi connectivity index (χ3v) is 4.63. The van der Waals surface area contributed by atoms with Gasteiger partial charge in [0, 0.05) is 19.3 Å². The Morgan fingerprint density at radius 2 is 2.04 bits per heavy atom. The Kier molecular flexibility index (Phi) is 4.41. The molecule has 1 spiro atoms. The van der Waals surface area contributed by atoms with Gasteiger partial charge in [-0.15, -0.1) is 6.42 Å². The van der Waals surface area contributed by atoms with Crippen LogP contribution in [-0.4, -0.2) is 35.0 Å². The van der Waals surface area contributed by atoms with Crippen LogP contribution in [0.15, 0.2) is 23.8 Å². The lowest BCUT2D eigenvalue weighted by molar-refractivity contribution is -0.202. The molecule has 0 unspecified atom stereocenters. The monoisotopic (exact) mass is 312 g/mol. The quantitative estimate of drug-likeness (QED) is 0.593. The number of aliphatic hydroxyl groups is 1. The minimum absolute atomic E-state index is 0.133. The molecular weight excluding hydrogens is 292 g/mol. The number of carbonyl (C=O) groups is 1. The van der Waals surface area contributed by atoms with Crippen LogP contribution in [0.1, 0.15) is 38.5 Å². The fourth-order valence-electron chi connectivity index (χ4n) is 3.59. The first kappa shape index (κ1) is 16.0. The van der Waals surface area contributed by atoms with E-state index in [0.717, 1.165) is 32.0 Å². The molecule has 2 aliphatic carbocycles. The van der Waals surface area contributed by atoms with Gasteiger partial charge in [-0.05, 0) is 36.6 Å². The number of rotatable bonds is 1. The highest BCUT2D eigenvalue weighted by Gasteiger charge is 2.56. The first-order valence-electron chi connectivity index (χ1n) is 7.99. The van der Waals surface area contributed by atoms with Crippen molar-refractivity contribution in [2.75, 3.05) is 0 Å². The number of aldehydes is 1. The van der Waals surface area contributed by atoms with Gasteiger partial charge < -0.3 is 14.6 Å². The van der Waals surface area contributed by atoms with E-state index in [4.69, 9.17) is 15.9 Å². The number of allylic oxidation sites excluding steroid dienone is 2. The maximum absolute atomic E-state index is 11.2. The molecule has 0 aromatic heterocycles. The highest BCUT2D eigenvalue weighted by atomic mass is 16.8. The molecule has 0 radical (unpaired) electrons. The molecule has 1 aliphatic heterocycles. The summed E-state index contributed by atoms with van der Waals surface area (Å²) in [5, 5.41) is 11.0. The van der Waals surface area contributed by atoms with E-state index in [1.807, 2.05) is 0 Å². The number of hydrogen-bond acceptors (Lipinski definition) is 4. The molecule has 120 valence electrons. The van der Waals surface area contributed by atoms with Crippen LogP contribution in [0.25, 0.3) is 0 Å². The van der Waals surface area contributed by atoms with Gasteiger partial charge in [0.25, 0.3) is 0 Å². The van der Waals surface area contributed by atoms with Crippen LogP contribution < -0.4 is 0 Å². The maximum atomic E-state index is 11.2. The fourth-order valence-corrected chi connectivity index (χ4v) is 3.59. The van der Waals surface area contributed by atoms with E-state index >= 15 is 0 Å². The second kappa shape index (κ2) is 6.34. The molecule has 3 rings (SSSR count). The number of fused-ring (bicyclic) bond motifs is 1. The normalized spacial score (nSPS) is 35.0. The molecule has 4 nitrogen and oxygen atoms in total. The van der Waals surface area contributed by atoms with Gasteiger partial charge in [0.1, 0.15) is 18.5 Å². The Hall–Kier alpha value is -1.85. The van der Waals surface area contributed by atoms with Crippen molar-refractivity contribution in [2.24, 2.45) is 0 Å². The molecule has 0 aromatic carbocycles. The van der Waals surface area contributed by atoms with E-state index in [-0.39, 0.29) is 6.42 Å². The summed E-state index contributed by atoms with van der Waals surface area (Å²) in [5.41, 5.74) is -0.962. The van der Waals surface area contributed by atoms with E-state index in [1.165, 1.54) is 18.6 Å². The molecule has 1 heterocycles. The van der Waals surface area contributed by atoms with Crippen molar-refractivity contribution < 1.29 is 19.4 Å². The van der Waals surface area contributed by atoms with Gasteiger partial charge in [-0.2, -0.15) is 0 Å². The van der Waals surface area contributed by atoms with Gasteiger partial charge >= 0.3 is 0 Å². The highest BCUT2D eigenvalue weighted by molar-refractivity contribution is 5.74. The summed E-state index contributed by atoms with van der Waals surface area (Å²) in [6.45, 7) is 0. The Morgan fingerprint density at radius 1 is 1.26 bits per heavy atom. The van der Waals surface area contributed by atoms with Crippen LogP contribution in [-0.2, 0) is 14.3 Å². The second-order valence-electron chi connectivity index (χ2n) is 6.32. The predicted molar refractivity (Wildman–Crippen MR) is 85.0 cm³/mol. The molecule has 0 bridgehead atoms. The summed E-state index contributed by atoms with van der Waals surface area (Å²) in [6, 6.07) is 0. The lowest BCUT2D eigenvalue weighted by atomic mass is 9.81. The fraction of sp³-hybridized carbons (Fsp3) is 0.526. The number of hydrogen-bond donors (Lipinski definition) is 1. The average Bonchev–Trinajstić information content (AvgIpc) is 2.91. The zero-order valence-corrected chi connectivity index (χ0v) is 13.0. The molecule has 0 amide bonds. The summed E-state index contributed by atoms with van der Waals surface area (Å²) in [6.07, 6.45) is 14.6. The minimum atomic E-state index is -1.45. The molecule has 2 fully saturated rings. The largest absolute Gasteiger partial charge is 0.374 e. The summed E-state index contributed by atoms with van der Waals surface area (Å²) in [5.74, 6) is 7.25. The second-order valence-corrected chi connectivity index (χ2v) is 6.32. The van der Waals surface area contributed by atoms with Gasteiger partial charge in [-0.25, -0.2) is 0 Å². The van der Waals surface area contributed by atoms with Crippen LogP contribution in [0.2, 0.25) is 0 Å². The number of ether oxygens (including phenoxy) is 2. The first-order chi connectivity index (χ1) is 11.1. The lowest BCUT2D eigenvalue weighted by Crippen LogP contribution is -2.49. The van der Waals surface area contributed by atoms with Crippen molar-refractivity contribution >= 4 is 6.29 Å². The SMILES string of the molecule is C#C/C=C\C#C[C@@]1(O)CC(C=O)=C[C@@H]2OC3(CCCCC3)O[C@@H]21. The highest BCUT2D eigenvalue weighted by Crippen LogP contribution is 2.46. The zero-order valence-electron chi connectivity index (χ0n) is 13.0. The molecule has 1 saturated carbocycles. The average molecular weight is 312 g/mol. The van der Waals surface area contributed by atoms with Crippen molar-refractivity contribution in [3.8, 4) is 24.2 Å². The van der Waals surface area contributed by atoms with Crippen molar-refractivity contribution in [3.05, 3.63) is 23.8 Å². The predicted octanol–water partition coefficient (Wildman–Crippen LogP) is 1.88. The molecule has 1 N–H and O–H groups in total. The van der Waals surface area contributed by atoms with Gasteiger partial charge in [-0.3, -0.25) is 4.79 Å². The topological polar surface area (TPSA) is 55.8 Å². The van der Waals surface area contributed by atoms with E-state index in [2.05, 4.69) is 17.8 Å². The summed E-state index contributed by atoms with van der Waals surface area (Å²) < 4.78 is 12.3. The third-order valence-electron chi connectivity index (χ3n) is 4.63. The van der Waals surface area contributed by atoms with Crippen LogP contribution in [0.3, 0.4) is 0 Å². The summed E-state index contributed by atoms with van der Waals surface area (Å²) >= 11 is 0. The summed E-state index contributed by atoms with van der Waals surface area (Å²) in [4.78, 5) is 11.2. The summed E-state index contributed by atoms with van der Waals surface area (Å²) in [7, 11) is 0. The Bertz CT molecular complexity index is 637. The Morgan fingerprint density at radius 3 is 2.74 bits per heavy atom. The van der Waals surface area contributed by atoms with Crippen LogP contribution in [0.5, 0.6) is 0 Å². The van der Waals surface area contributed by atoms with E-state index < -0.39 is 23.6 Å². The minimum Gasteiger partial charge on any atom is -0.374 e. The molecule has 1 saturated heterocycles. The smallest absolute Gasteiger partial charge is 0.169 e. The molecule has 3 atom stereocenters. The standard InChI is InChI=1S/C19H20O4/c1-2-3-4-6-9-18(21)13-15(14-20)12-16-17(18)23-19(22-16)10-7-5-8-11-19/h1,3-4,12,14,16-17,21H,5,7-8,10-11,13H2/b4-3-/t16-,17-,18+/m0/s1. The van der Waals surface area contributed by atoms with Gasteiger partial charge in [-0.1, -0.05) is 24.2 Å². The number of terminal acetylenes is 1. The van der Waals surface area contributed by atoms with Gasteiger partial charge in [0.15, 0.2) is 11.4 Å². The zero-order chi connectivity index (χ0) is 16.3. The van der Waals surface area contributed by atoms with Crippen molar-refractivity contribution in [2.45, 2.75) is 62.1 Å².